The first-order valence-electron chi connectivity index (χ1n) is 6.01. The molecule has 0 atom stereocenters. The van der Waals surface area contributed by atoms with Gasteiger partial charge in [0.1, 0.15) is 13.1 Å². The maximum absolute atomic E-state index is 12.2. The van der Waals surface area contributed by atoms with E-state index in [1.807, 2.05) is 38.1 Å². The Labute approximate surface area is 113 Å². The number of amides is 1. The van der Waals surface area contributed by atoms with Crippen molar-refractivity contribution in [3.8, 4) is 12.1 Å². The van der Waals surface area contributed by atoms with Crippen LogP contribution >= 0.6 is 0 Å². The van der Waals surface area contributed by atoms with Gasteiger partial charge in [-0.15, -0.1) is 0 Å². The molecule has 0 aliphatic heterocycles. The number of hydrogen-bond acceptors (Lipinski definition) is 4. The molecule has 1 N–H and O–H groups in total. The minimum Gasteiger partial charge on any atom is -0.385 e. The molecule has 1 rings (SSSR count). The van der Waals surface area contributed by atoms with Gasteiger partial charge in [0.2, 0.25) is 0 Å². The van der Waals surface area contributed by atoms with E-state index in [-0.39, 0.29) is 19.0 Å². The second kappa shape index (κ2) is 7.03. The summed E-state index contributed by atoms with van der Waals surface area (Å²) < 4.78 is 0. The van der Waals surface area contributed by atoms with Gasteiger partial charge in [0.25, 0.3) is 5.91 Å². The average Bonchev–Trinajstić information content (AvgIpc) is 2.38. The van der Waals surface area contributed by atoms with Crippen LogP contribution in [0.15, 0.2) is 18.2 Å². The fraction of sp³-hybridized carbons (Fsp3) is 0.357. The van der Waals surface area contributed by atoms with Gasteiger partial charge in [0, 0.05) is 17.8 Å². The summed E-state index contributed by atoms with van der Waals surface area (Å²) in [5.41, 5.74) is 2.29. The molecule has 0 saturated heterocycles. The monoisotopic (exact) mass is 256 g/mol. The number of nitrogens with one attached hydrogen (secondary N) is 1. The van der Waals surface area contributed by atoms with E-state index >= 15 is 0 Å². The number of anilines is 1. The first-order chi connectivity index (χ1) is 9.13. The average molecular weight is 256 g/mol. The Bertz CT molecular complexity index is 523. The molecule has 5 nitrogen and oxygen atoms in total. The molecule has 0 aliphatic carbocycles. The third-order valence-electron chi connectivity index (χ3n) is 2.65. The summed E-state index contributed by atoms with van der Waals surface area (Å²) in [5, 5.41) is 20.5. The Balaban J connectivity index is 2.99. The lowest BCUT2D eigenvalue weighted by molar-refractivity contribution is 0.0794. The highest BCUT2D eigenvalue weighted by Crippen LogP contribution is 2.16. The minimum atomic E-state index is -0.288. The van der Waals surface area contributed by atoms with Gasteiger partial charge in [-0.2, -0.15) is 10.5 Å². The zero-order valence-electron chi connectivity index (χ0n) is 11.1. The summed E-state index contributed by atoms with van der Waals surface area (Å²) in [6, 6.07) is 9.21. The Morgan fingerprint density at radius 1 is 1.32 bits per heavy atom. The van der Waals surface area contributed by atoms with Crippen molar-refractivity contribution in [2.24, 2.45) is 0 Å². The quantitative estimate of drug-likeness (QED) is 0.816. The Morgan fingerprint density at radius 3 is 2.42 bits per heavy atom. The predicted octanol–water partition coefficient (Wildman–Crippen LogP) is 1.92. The number of carbonyl (C=O) groups is 1. The molecule has 0 saturated carbocycles. The van der Waals surface area contributed by atoms with Gasteiger partial charge in [-0.25, -0.2) is 0 Å². The highest BCUT2D eigenvalue weighted by Gasteiger charge is 2.17. The molecule has 0 aliphatic rings. The van der Waals surface area contributed by atoms with Gasteiger partial charge in [0.15, 0.2) is 0 Å². The molecule has 0 aromatic heterocycles. The van der Waals surface area contributed by atoms with Crippen LogP contribution in [0.1, 0.15) is 22.8 Å². The van der Waals surface area contributed by atoms with Crippen molar-refractivity contribution in [3.05, 3.63) is 29.3 Å². The molecule has 19 heavy (non-hydrogen) atoms. The van der Waals surface area contributed by atoms with Gasteiger partial charge in [-0.1, -0.05) is 0 Å². The minimum absolute atomic E-state index is 0.0825. The molecule has 0 heterocycles. The molecule has 0 radical (unpaired) electrons. The van der Waals surface area contributed by atoms with E-state index in [2.05, 4.69) is 5.32 Å². The van der Waals surface area contributed by atoms with E-state index < -0.39 is 0 Å². The number of carbonyl (C=O) groups excluding carboxylic acids is 1. The molecule has 1 aromatic rings. The zero-order valence-corrected chi connectivity index (χ0v) is 11.1. The maximum Gasteiger partial charge on any atom is 0.255 e. The van der Waals surface area contributed by atoms with Crippen LogP contribution in [0.2, 0.25) is 0 Å². The highest BCUT2D eigenvalue weighted by atomic mass is 16.2. The lowest BCUT2D eigenvalue weighted by atomic mass is 10.1. The number of hydrogen-bond donors (Lipinski definition) is 1. The third kappa shape index (κ3) is 3.72. The molecule has 1 aromatic carbocycles. The SMILES string of the molecule is CCNc1ccc(C(=O)N(CC#N)CC#N)c(C)c1. The van der Waals surface area contributed by atoms with Gasteiger partial charge < -0.3 is 10.2 Å². The Hall–Kier alpha value is -2.53. The van der Waals surface area contributed by atoms with Crippen molar-refractivity contribution in [1.29, 1.82) is 10.5 Å². The van der Waals surface area contributed by atoms with Gasteiger partial charge in [0.05, 0.1) is 12.1 Å². The number of nitrogens with zero attached hydrogens (tertiary/aromatic N) is 3. The smallest absolute Gasteiger partial charge is 0.255 e. The Kier molecular flexibility index (Phi) is 5.37. The van der Waals surface area contributed by atoms with Crippen LogP contribution in [-0.4, -0.2) is 30.4 Å². The van der Waals surface area contributed by atoms with Crippen molar-refractivity contribution >= 4 is 11.6 Å². The fourth-order valence-electron chi connectivity index (χ4n) is 1.76. The summed E-state index contributed by atoms with van der Waals surface area (Å²) >= 11 is 0. The van der Waals surface area contributed by atoms with Gasteiger partial charge >= 0.3 is 0 Å². The Morgan fingerprint density at radius 2 is 1.95 bits per heavy atom. The van der Waals surface area contributed by atoms with Crippen molar-refractivity contribution < 1.29 is 4.79 Å². The van der Waals surface area contributed by atoms with Crippen LogP contribution in [0.25, 0.3) is 0 Å². The van der Waals surface area contributed by atoms with Crippen molar-refractivity contribution in [2.75, 3.05) is 25.0 Å². The summed E-state index contributed by atoms with van der Waals surface area (Å²) in [7, 11) is 0. The number of benzene rings is 1. The van der Waals surface area contributed by atoms with Gasteiger partial charge in [-0.05, 0) is 37.6 Å². The number of aryl methyl sites for hydroxylation is 1. The van der Waals surface area contributed by atoms with E-state index in [0.29, 0.717) is 5.56 Å². The second-order valence-electron chi connectivity index (χ2n) is 4.04. The summed E-state index contributed by atoms with van der Waals surface area (Å²) in [6.45, 7) is 4.48. The first kappa shape index (κ1) is 14.5. The van der Waals surface area contributed by atoms with Gasteiger partial charge in [-0.3, -0.25) is 4.79 Å². The fourth-order valence-corrected chi connectivity index (χ4v) is 1.76. The van der Waals surface area contributed by atoms with Crippen molar-refractivity contribution in [3.63, 3.8) is 0 Å². The van der Waals surface area contributed by atoms with Crippen molar-refractivity contribution in [2.45, 2.75) is 13.8 Å². The normalized spacial score (nSPS) is 9.26. The zero-order chi connectivity index (χ0) is 14.3. The first-order valence-corrected chi connectivity index (χ1v) is 6.01. The van der Waals surface area contributed by atoms with Crippen LogP contribution in [0.3, 0.4) is 0 Å². The van der Waals surface area contributed by atoms with E-state index in [0.717, 1.165) is 17.8 Å². The summed E-state index contributed by atoms with van der Waals surface area (Å²) in [5.74, 6) is -0.288. The van der Waals surface area contributed by atoms with E-state index in [1.54, 1.807) is 6.07 Å². The molecule has 0 fully saturated rings. The molecular weight excluding hydrogens is 240 g/mol. The predicted molar refractivity (Wildman–Crippen MR) is 72.5 cm³/mol. The molecule has 0 unspecified atom stereocenters. The van der Waals surface area contributed by atoms with Crippen LogP contribution in [-0.2, 0) is 0 Å². The second-order valence-corrected chi connectivity index (χ2v) is 4.04. The lowest BCUT2D eigenvalue weighted by Crippen LogP contribution is -2.32. The van der Waals surface area contributed by atoms with E-state index in [4.69, 9.17) is 10.5 Å². The molecule has 98 valence electrons. The van der Waals surface area contributed by atoms with Crippen molar-refractivity contribution in [1.82, 2.24) is 4.90 Å². The van der Waals surface area contributed by atoms with Crippen LogP contribution < -0.4 is 5.32 Å². The summed E-state index contributed by atoms with van der Waals surface area (Å²) in [4.78, 5) is 13.4. The van der Waals surface area contributed by atoms with E-state index in [1.165, 1.54) is 4.90 Å². The van der Waals surface area contributed by atoms with Crippen LogP contribution in [0.4, 0.5) is 5.69 Å². The van der Waals surface area contributed by atoms with E-state index in [9.17, 15) is 4.79 Å². The number of nitriles is 2. The van der Waals surface area contributed by atoms with Crippen LogP contribution in [0.5, 0.6) is 0 Å². The molecule has 0 bridgehead atoms. The maximum atomic E-state index is 12.2. The summed E-state index contributed by atoms with van der Waals surface area (Å²) in [6.07, 6.45) is 0. The lowest BCUT2D eigenvalue weighted by Gasteiger charge is -2.17. The molecule has 1 amide bonds. The molecular formula is C14H16N4O. The number of rotatable bonds is 5. The van der Waals surface area contributed by atoms with Crippen LogP contribution in [0, 0.1) is 29.6 Å². The standard InChI is InChI=1S/C14H16N4O/c1-3-17-12-4-5-13(11(2)10-12)14(19)18(8-6-15)9-7-16/h4-5,10,17H,3,8-9H2,1-2H3. The highest BCUT2D eigenvalue weighted by molar-refractivity contribution is 5.96. The third-order valence-corrected chi connectivity index (χ3v) is 2.65. The molecule has 0 spiro atoms. The molecule has 5 heteroatoms. The topological polar surface area (TPSA) is 79.9 Å². The largest absolute Gasteiger partial charge is 0.385 e.